The normalized spacial score (nSPS) is 18.6. The zero-order valence-electron chi connectivity index (χ0n) is 35.6. The fourth-order valence-electron chi connectivity index (χ4n) is 9.84. The summed E-state index contributed by atoms with van der Waals surface area (Å²) >= 11 is 0. The maximum absolute atomic E-state index is 11.7. The van der Waals surface area contributed by atoms with E-state index in [0.29, 0.717) is 23.6 Å². The van der Waals surface area contributed by atoms with Crippen molar-refractivity contribution >= 4 is 0 Å². The Labute approximate surface area is 309 Å². The van der Waals surface area contributed by atoms with E-state index in [9.17, 15) is 10.2 Å². The summed E-state index contributed by atoms with van der Waals surface area (Å²) in [6, 6.07) is 5.49. The molecule has 0 bridgehead atoms. The second-order valence-electron chi connectivity index (χ2n) is 20.0. The molecule has 0 spiro atoms. The van der Waals surface area contributed by atoms with E-state index >= 15 is 0 Å². The van der Waals surface area contributed by atoms with Gasteiger partial charge in [-0.15, -0.1) is 0 Å². The Morgan fingerprint density at radius 2 is 0.900 bits per heavy atom. The van der Waals surface area contributed by atoms with Crippen LogP contribution in [-0.4, -0.2) is 45.2 Å². The van der Waals surface area contributed by atoms with Crippen molar-refractivity contribution in [3.05, 3.63) is 56.6 Å². The first-order valence-electron chi connectivity index (χ1n) is 20.1. The molecule has 1 fully saturated rings. The van der Waals surface area contributed by atoms with E-state index in [2.05, 4.69) is 133 Å². The fourth-order valence-corrected chi connectivity index (χ4v) is 9.84. The molecule has 0 aliphatic carbocycles. The summed E-state index contributed by atoms with van der Waals surface area (Å²) in [4.78, 5) is 5.52. The number of piperazine rings is 1. The van der Waals surface area contributed by atoms with Crippen LogP contribution >= 0.6 is 0 Å². The Bertz CT molecular complexity index is 1330. The topological polar surface area (TPSA) is 46.9 Å². The van der Waals surface area contributed by atoms with E-state index in [-0.39, 0.29) is 21.7 Å². The second-order valence-corrected chi connectivity index (χ2v) is 20.0. The van der Waals surface area contributed by atoms with Crippen LogP contribution in [0.15, 0.2) is 12.1 Å². The third kappa shape index (κ3) is 10.3. The van der Waals surface area contributed by atoms with Crippen LogP contribution in [-0.2, 0) is 23.9 Å². The zero-order valence-corrected chi connectivity index (χ0v) is 35.6. The Morgan fingerprint density at radius 1 is 0.580 bits per heavy atom. The molecule has 284 valence electrons. The van der Waals surface area contributed by atoms with Crippen LogP contribution in [0.2, 0.25) is 0 Å². The number of phenolic OH excluding ortho intramolecular Hbond substituents is 2. The van der Waals surface area contributed by atoms with E-state index < -0.39 is 0 Å². The molecular weight excluding hydrogens is 613 g/mol. The lowest BCUT2D eigenvalue weighted by Crippen LogP contribution is -2.59. The molecule has 0 amide bonds. The van der Waals surface area contributed by atoms with Gasteiger partial charge in [0.15, 0.2) is 0 Å². The van der Waals surface area contributed by atoms with Gasteiger partial charge in [-0.1, -0.05) is 121 Å². The Kier molecular flexibility index (Phi) is 13.8. The van der Waals surface area contributed by atoms with Crippen LogP contribution < -0.4 is 0 Å². The number of aryl methyl sites for hydroxylation is 2. The predicted molar refractivity (Wildman–Crippen MR) is 217 cm³/mol. The van der Waals surface area contributed by atoms with Crippen molar-refractivity contribution in [2.75, 3.05) is 13.1 Å². The molecule has 2 aromatic rings. The Morgan fingerprint density at radius 3 is 1.18 bits per heavy atom. The SMILES string of the molecule is CCCCC1C(CCCC)N(Cc2c(C)cc(C(C)(C)CC(C)(C)C)c(O)c2C)CCN1Cc1c(C)cc(C(C)(C)CC(C)(C)C)c(O)c1C. The summed E-state index contributed by atoms with van der Waals surface area (Å²) in [6.07, 6.45) is 9.23. The summed E-state index contributed by atoms with van der Waals surface area (Å²) in [7, 11) is 0. The van der Waals surface area contributed by atoms with Crippen molar-refractivity contribution in [3.63, 3.8) is 0 Å². The molecule has 1 aliphatic rings. The molecule has 50 heavy (non-hydrogen) atoms. The average Bonchev–Trinajstić information content (AvgIpc) is 2.97. The number of hydrogen-bond acceptors (Lipinski definition) is 4. The number of aromatic hydroxyl groups is 2. The number of hydrogen-bond donors (Lipinski definition) is 2. The van der Waals surface area contributed by atoms with Crippen LogP contribution in [0.1, 0.15) is 179 Å². The third-order valence-corrected chi connectivity index (χ3v) is 11.7. The van der Waals surface area contributed by atoms with Crippen LogP contribution in [0.25, 0.3) is 0 Å². The quantitative estimate of drug-likeness (QED) is 0.207. The average molecular weight is 691 g/mol. The molecule has 1 aliphatic heterocycles. The highest BCUT2D eigenvalue weighted by molar-refractivity contribution is 5.53. The molecule has 0 aromatic heterocycles. The van der Waals surface area contributed by atoms with Crippen LogP contribution in [0.5, 0.6) is 11.5 Å². The lowest BCUT2D eigenvalue weighted by atomic mass is 9.71. The van der Waals surface area contributed by atoms with E-state index in [1.165, 1.54) is 60.8 Å². The predicted octanol–water partition coefficient (Wildman–Crippen LogP) is 12.2. The molecule has 1 saturated heterocycles. The molecule has 1 heterocycles. The number of nitrogens with zero attached hydrogens (tertiary/aromatic N) is 2. The molecule has 4 nitrogen and oxygen atoms in total. The van der Waals surface area contributed by atoms with Crippen molar-refractivity contribution < 1.29 is 10.2 Å². The molecule has 2 unspecified atom stereocenters. The summed E-state index contributed by atoms with van der Waals surface area (Å²) in [5.74, 6) is 0.983. The minimum absolute atomic E-state index is 0.109. The molecule has 4 heteroatoms. The highest BCUT2D eigenvalue weighted by atomic mass is 16.3. The van der Waals surface area contributed by atoms with E-state index in [1.807, 2.05) is 0 Å². The van der Waals surface area contributed by atoms with Gasteiger partial charge >= 0.3 is 0 Å². The number of phenols is 2. The number of benzene rings is 2. The standard InChI is InChI=1S/C46H78N2O2/c1-17-19-21-39-40(22-20-18-2)48(28-36-32(4)26-38(42(50)34(36)6)46(15,16)30-44(10,11)12)24-23-47(39)27-35-31(3)25-37(41(49)33(35)5)45(13,14)29-43(7,8)9/h25-26,39-40,49-50H,17-24,27-30H2,1-16H3. The van der Waals surface area contributed by atoms with Gasteiger partial charge in [0.2, 0.25) is 0 Å². The maximum Gasteiger partial charge on any atom is 0.122 e. The van der Waals surface area contributed by atoms with Crippen molar-refractivity contribution in [2.45, 2.75) is 198 Å². The molecule has 3 rings (SSSR count). The summed E-state index contributed by atoms with van der Waals surface area (Å²) in [5.41, 5.74) is 9.62. The largest absolute Gasteiger partial charge is 0.507 e. The van der Waals surface area contributed by atoms with E-state index in [1.54, 1.807) is 0 Å². The summed E-state index contributed by atoms with van der Waals surface area (Å²) < 4.78 is 0. The summed E-state index contributed by atoms with van der Waals surface area (Å²) in [6.45, 7) is 40.1. The van der Waals surface area contributed by atoms with Gasteiger partial charge in [-0.05, 0) is 108 Å². The monoisotopic (exact) mass is 691 g/mol. The van der Waals surface area contributed by atoms with Gasteiger partial charge in [0, 0.05) is 49.4 Å². The van der Waals surface area contributed by atoms with Gasteiger partial charge in [0.1, 0.15) is 11.5 Å². The fraction of sp³-hybridized carbons (Fsp3) is 0.739. The minimum atomic E-state index is -0.109. The highest BCUT2D eigenvalue weighted by Crippen LogP contribution is 2.45. The Balaban J connectivity index is 2.00. The van der Waals surface area contributed by atoms with Gasteiger partial charge in [0.25, 0.3) is 0 Å². The smallest absolute Gasteiger partial charge is 0.122 e. The summed E-state index contributed by atoms with van der Waals surface area (Å²) in [5, 5.41) is 23.4. The van der Waals surface area contributed by atoms with Crippen LogP contribution in [0.3, 0.4) is 0 Å². The van der Waals surface area contributed by atoms with E-state index in [0.717, 1.165) is 61.3 Å². The third-order valence-electron chi connectivity index (χ3n) is 11.7. The molecule has 2 aromatic carbocycles. The first-order valence-corrected chi connectivity index (χ1v) is 20.1. The van der Waals surface area contributed by atoms with E-state index in [4.69, 9.17) is 0 Å². The van der Waals surface area contributed by atoms with Crippen molar-refractivity contribution in [1.82, 2.24) is 9.80 Å². The Hall–Kier alpha value is -2.04. The second kappa shape index (κ2) is 16.3. The molecule has 2 atom stereocenters. The molecule has 0 radical (unpaired) electrons. The van der Waals surface area contributed by atoms with Crippen molar-refractivity contribution in [2.24, 2.45) is 10.8 Å². The van der Waals surface area contributed by atoms with Crippen molar-refractivity contribution in [1.29, 1.82) is 0 Å². The molecule has 0 saturated carbocycles. The highest BCUT2D eigenvalue weighted by Gasteiger charge is 2.38. The first kappa shape index (κ1) is 42.4. The van der Waals surface area contributed by atoms with Crippen LogP contribution in [0, 0.1) is 38.5 Å². The number of rotatable bonds is 14. The van der Waals surface area contributed by atoms with Gasteiger partial charge in [-0.3, -0.25) is 9.80 Å². The minimum Gasteiger partial charge on any atom is -0.507 e. The zero-order chi connectivity index (χ0) is 38.0. The lowest BCUT2D eigenvalue weighted by molar-refractivity contribution is -0.000880. The molecular formula is C46H78N2O2. The van der Waals surface area contributed by atoms with Gasteiger partial charge < -0.3 is 10.2 Å². The maximum atomic E-state index is 11.7. The van der Waals surface area contributed by atoms with Gasteiger partial charge in [-0.2, -0.15) is 0 Å². The van der Waals surface area contributed by atoms with Crippen LogP contribution in [0.4, 0.5) is 0 Å². The van der Waals surface area contributed by atoms with Gasteiger partial charge in [-0.25, -0.2) is 0 Å². The number of unbranched alkanes of at least 4 members (excludes halogenated alkanes) is 2. The lowest BCUT2D eigenvalue weighted by Gasteiger charge is -2.49. The van der Waals surface area contributed by atoms with Gasteiger partial charge in [0.05, 0.1) is 0 Å². The van der Waals surface area contributed by atoms with Crippen molar-refractivity contribution in [3.8, 4) is 11.5 Å². The first-order chi connectivity index (χ1) is 22.9. The molecule has 2 N–H and O–H groups in total.